The minimum Gasteiger partial charge on any atom is -0.469 e. The van der Waals surface area contributed by atoms with Gasteiger partial charge >= 0.3 is 5.97 Å². The molecule has 2 aromatic heterocycles. The molecule has 0 aliphatic heterocycles. The van der Waals surface area contributed by atoms with E-state index in [0.29, 0.717) is 17.0 Å². The van der Waals surface area contributed by atoms with Crippen LogP contribution in [-0.2, 0) is 16.0 Å². The van der Waals surface area contributed by atoms with Crippen LogP contribution in [0.5, 0.6) is 0 Å². The van der Waals surface area contributed by atoms with Crippen LogP contribution in [0.1, 0.15) is 27.7 Å². The van der Waals surface area contributed by atoms with Crippen LogP contribution in [0.2, 0.25) is 0 Å². The molecule has 2 atom stereocenters. The Hall–Kier alpha value is -3.45. The van der Waals surface area contributed by atoms with E-state index in [9.17, 15) is 9.59 Å². The summed E-state index contributed by atoms with van der Waals surface area (Å²) >= 11 is 1.36. The molecule has 0 saturated carbocycles. The highest BCUT2D eigenvalue weighted by molar-refractivity contribution is 7.17. The van der Waals surface area contributed by atoms with Crippen LogP contribution in [0.15, 0.2) is 67.4 Å². The molecule has 0 spiro atoms. The average molecular weight is 436 g/mol. The van der Waals surface area contributed by atoms with E-state index < -0.39 is 12.0 Å². The number of rotatable bonds is 8. The molecule has 1 aromatic carbocycles. The van der Waals surface area contributed by atoms with Crippen LogP contribution in [0.3, 0.4) is 0 Å². The van der Waals surface area contributed by atoms with Crippen molar-refractivity contribution in [2.24, 2.45) is 11.7 Å². The lowest BCUT2D eigenvalue weighted by molar-refractivity contribution is -0.146. The van der Waals surface area contributed by atoms with Gasteiger partial charge in [0.1, 0.15) is 0 Å². The zero-order valence-electron chi connectivity index (χ0n) is 17.5. The minimum atomic E-state index is -0.550. The molecule has 2 heterocycles. The molecule has 160 valence electrons. The lowest BCUT2D eigenvalue weighted by Crippen LogP contribution is -2.42. The third-order valence-electron chi connectivity index (χ3n) is 4.97. The van der Waals surface area contributed by atoms with Gasteiger partial charge in [0.15, 0.2) is 0 Å². The lowest BCUT2D eigenvalue weighted by atomic mass is 9.92. The second-order valence-corrected chi connectivity index (χ2v) is 8.28. The number of benzene rings is 1. The van der Waals surface area contributed by atoms with Crippen molar-refractivity contribution in [1.29, 1.82) is 0 Å². The van der Waals surface area contributed by atoms with Gasteiger partial charge < -0.3 is 15.8 Å². The summed E-state index contributed by atoms with van der Waals surface area (Å²) in [5.41, 5.74) is 8.77. The van der Waals surface area contributed by atoms with Gasteiger partial charge in [0.05, 0.1) is 28.5 Å². The Morgan fingerprint density at radius 2 is 2.00 bits per heavy atom. The molecule has 3 aromatic rings. The minimum absolute atomic E-state index is 0.238. The molecule has 0 bridgehead atoms. The molecule has 3 rings (SSSR count). The first-order valence-corrected chi connectivity index (χ1v) is 10.6. The molecule has 0 aliphatic rings. The molecule has 31 heavy (non-hydrogen) atoms. The molecule has 0 saturated heterocycles. The highest BCUT2D eigenvalue weighted by Gasteiger charge is 2.28. The van der Waals surface area contributed by atoms with Crippen LogP contribution < -0.4 is 11.1 Å². The number of amides is 1. The Bertz CT molecular complexity index is 1080. The van der Waals surface area contributed by atoms with E-state index in [1.54, 1.807) is 19.2 Å². The van der Waals surface area contributed by atoms with Gasteiger partial charge in [-0.05, 0) is 54.8 Å². The molecule has 2 unspecified atom stereocenters. The SMILES string of the molecule is C=C(N)c1cccc(CC(C(=O)OC)C(C)NC(=O)c2ccc(-c3ccccn3)s2)c1. The maximum absolute atomic E-state index is 12.8. The molecule has 0 fully saturated rings. The molecule has 0 aliphatic carbocycles. The fourth-order valence-corrected chi connectivity index (χ4v) is 4.14. The van der Waals surface area contributed by atoms with E-state index in [1.165, 1.54) is 18.4 Å². The second kappa shape index (κ2) is 10.0. The molecule has 3 N–H and O–H groups in total. The van der Waals surface area contributed by atoms with Crippen molar-refractivity contribution in [3.05, 3.63) is 83.4 Å². The number of nitrogens with two attached hydrogens (primary N) is 1. The van der Waals surface area contributed by atoms with Gasteiger partial charge in [0, 0.05) is 17.9 Å². The Morgan fingerprint density at radius 1 is 1.19 bits per heavy atom. The number of hydrogen-bond donors (Lipinski definition) is 2. The van der Waals surface area contributed by atoms with Gasteiger partial charge in [-0.15, -0.1) is 11.3 Å². The Morgan fingerprint density at radius 3 is 2.68 bits per heavy atom. The van der Waals surface area contributed by atoms with Gasteiger partial charge in [0.25, 0.3) is 5.91 Å². The molecule has 7 heteroatoms. The summed E-state index contributed by atoms with van der Waals surface area (Å²) in [7, 11) is 1.35. The number of thiophene rings is 1. The third-order valence-corrected chi connectivity index (χ3v) is 6.07. The number of aromatic nitrogens is 1. The van der Waals surface area contributed by atoms with Gasteiger partial charge in [-0.25, -0.2) is 0 Å². The maximum Gasteiger partial charge on any atom is 0.311 e. The lowest BCUT2D eigenvalue weighted by Gasteiger charge is -2.23. The highest BCUT2D eigenvalue weighted by Crippen LogP contribution is 2.26. The summed E-state index contributed by atoms with van der Waals surface area (Å²) in [5.74, 6) is -1.17. The van der Waals surface area contributed by atoms with Gasteiger partial charge in [0.2, 0.25) is 0 Å². The summed E-state index contributed by atoms with van der Waals surface area (Å²) in [5, 5.41) is 2.94. The van der Waals surface area contributed by atoms with E-state index in [-0.39, 0.29) is 11.9 Å². The predicted octanol–water partition coefficient (Wildman–Crippen LogP) is 3.89. The Labute approximate surface area is 185 Å². The van der Waals surface area contributed by atoms with Crippen molar-refractivity contribution in [2.45, 2.75) is 19.4 Å². The number of hydrogen-bond acceptors (Lipinski definition) is 6. The van der Waals surface area contributed by atoms with Crippen LogP contribution in [0.4, 0.5) is 0 Å². The summed E-state index contributed by atoms with van der Waals surface area (Å²) in [6.07, 6.45) is 2.12. The molecule has 1 amide bonds. The average Bonchev–Trinajstić information content (AvgIpc) is 3.28. The quantitative estimate of drug-likeness (QED) is 0.524. The number of carbonyl (C=O) groups excluding carboxylic acids is 2. The fourth-order valence-electron chi connectivity index (χ4n) is 3.25. The first-order valence-electron chi connectivity index (χ1n) is 9.82. The van der Waals surface area contributed by atoms with Crippen molar-refractivity contribution in [3.63, 3.8) is 0 Å². The second-order valence-electron chi connectivity index (χ2n) is 7.20. The predicted molar refractivity (Wildman–Crippen MR) is 123 cm³/mol. The standard InChI is InChI=1S/C24H25N3O3S/c1-15(25)18-8-6-7-17(13-18)14-19(24(29)30-3)16(2)27-23(28)22-11-10-21(31-22)20-9-4-5-12-26-20/h4-13,16,19H,1,14,25H2,2-3H3,(H,27,28). The number of nitrogens with one attached hydrogen (secondary N) is 1. The molecular formula is C24H25N3O3S. The van der Waals surface area contributed by atoms with Crippen molar-refractivity contribution in [1.82, 2.24) is 10.3 Å². The van der Waals surface area contributed by atoms with Crippen molar-refractivity contribution in [2.75, 3.05) is 7.11 Å². The largest absolute Gasteiger partial charge is 0.469 e. The van der Waals surface area contributed by atoms with Crippen molar-refractivity contribution in [3.8, 4) is 10.6 Å². The number of ether oxygens (including phenoxy) is 1. The monoisotopic (exact) mass is 435 g/mol. The van der Waals surface area contributed by atoms with E-state index in [4.69, 9.17) is 10.5 Å². The number of esters is 1. The van der Waals surface area contributed by atoms with Gasteiger partial charge in [-0.3, -0.25) is 14.6 Å². The van der Waals surface area contributed by atoms with E-state index >= 15 is 0 Å². The first-order chi connectivity index (χ1) is 14.9. The Kier molecular flexibility index (Phi) is 7.20. The van der Waals surface area contributed by atoms with Crippen molar-refractivity contribution >= 4 is 28.9 Å². The van der Waals surface area contributed by atoms with Crippen LogP contribution >= 0.6 is 11.3 Å². The van der Waals surface area contributed by atoms with Gasteiger partial charge in [-0.2, -0.15) is 0 Å². The van der Waals surface area contributed by atoms with Crippen molar-refractivity contribution < 1.29 is 14.3 Å². The summed E-state index contributed by atoms with van der Waals surface area (Å²) in [4.78, 5) is 31.0. The topological polar surface area (TPSA) is 94.3 Å². The Balaban J connectivity index is 1.73. The van der Waals surface area contributed by atoms with E-state index in [1.807, 2.05) is 48.5 Å². The molecule has 6 nitrogen and oxygen atoms in total. The molecule has 0 radical (unpaired) electrons. The highest BCUT2D eigenvalue weighted by atomic mass is 32.1. The third kappa shape index (κ3) is 5.58. The zero-order valence-corrected chi connectivity index (χ0v) is 18.3. The number of carbonyl (C=O) groups is 2. The maximum atomic E-state index is 12.8. The number of methoxy groups -OCH3 is 1. The van der Waals surface area contributed by atoms with E-state index in [0.717, 1.165) is 21.7 Å². The normalized spacial score (nSPS) is 12.6. The van der Waals surface area contributed by atoms with Crippen LogP contribution in [-0.4, -0.2) is 30.0 Å². The summed E-state index contributed by atoms with van der Waals surface area (Å²) in [6.45, 7) is 5.56. The number of pyridine rings is 1. The van der Waals surface area contributed by atoms with Crippen LogP contribution in [0, 0.1) is 5.92 Å². The molecular weight excluding hydrogens is 410 g/mol. The van der Waals surface area contributed by atoms with Gasteiger partial charge in [-0.1, -0.05) is 30.8 Å². The van der Waals surface area contributed by atoms with E-state index in [2.05, 4.69) is 16.9 Å². The summed E-state index contributed by atoms with van der Waals surface area (Å²) in [6, 6.07) is 16.4. The smallest absolute Gasteiger partial charge is 0.311 e. The summed E-state index contributed by atoms with van der Waals surface area (Å²) < 4.78 is 4.99. The number of nitrogens with zero attached hydrogens (tertiary/aromatic N) is 1. The zero-order chi connectivity index (χ0) is 22.4. The first kappa shape index (κ1) is 22.2. The van der Waals surface area contributed by atoms with Crippen LogP contribution in [0.25, 0.3) is 16.3 Å². The fraction of sp³-hybridized carbons (Fsp3) is 0.208.